The number of likely N-dealkylation sites (tertiary alicyclic amines) is 1. The molecule has 0 spiro atoms. The van der Waals surface area contributed by atoms with Crippen LogP contribution in [0.1, 0.15) is 61.8 Å². The summed E-state index contributed by atoms with van der Waals surface area (Å²) in [6.45, 7) is 2.74. The number of pyridine rings is 1. The van der Waals surface area contributed by atoms with Gasteiger partial charge in [0.15, 0.2) is 0 Å². The number of nitrogens with zero attached hydrogens (tertiary/aromatic N) is 2. The van der Waals surface area contributed by atoms with Crippen LogP contribution in [-0.2, 0) is 10.3 Å². The standard InChI is InChI=1S/C28H31F3N4O2/c1-17(20-7-4-8-21(25(20)29)26(30)31)33-24-11-13-32-23-10-9-18(15-22(23)24)28(37-2)12-14-35(16-28)27(36)34-19-5-3-6-19/h4,7-11,13,15,17,19,26H,3,5-6,12,14,16H2,1-2H3,(H,32,33)(H,34,36)/t17-,28+/m1/s1. The van der Waals surface area contributed by atoms with E-state index in [0.29, 0.717) is 25.2 Å². The van der Waals surface area contributed by atoms with E-state index in [-0.39, 0.29) is 17.6 Å². The fourth-order valence-corrected chi connectivity index (χ4v) is 5.23. The molecule has 3 aromatic rings. The molecule has 5 rings (SSSR count). The van der Waals surface area contributed by atoms with Crippen LogP contribution in [0.4, 0.5) is 23.7 Å². The molecule has 2 heterocycles. The first-order valence-corrected chi connectivity index (χ1v) is 12.6. The summed E-state index contributed by atoms with van der Waals surface area (Å²) in [4.78, 5) is 19.0. The zero-order chi connectivity index (χ0) is 26.2. The van der Waals surface area contributed by atoms with Crippen molar-refractivity contribution in [2.24, 2.45) is 0 Å². The molecule has 1 aliphatic heterocycles. The second kappa shape index (κ2) is 10.2. The number of nitrogens with one attached hydrogen (secondary N) is 2. The van der Waals surface area contributed by atoms with Crippen molar-refractivity contribution >= 4 is 22.6 Å². The number of hydrogen-bond donors (Lipinski definition) is 2. The highest BCUT2D eigenvalue weighted by Gasteiger charge is 2.42. The second-order valence-electron chi connectivity index (χ2n) is 9.95. The molecular formula is C28H31F3N4O2. The Hall–Kier alpha value is -3.33. The van der Waals surface area contributed by atoms with Crippen LogP contribution < -0.4 is 10.6 Å². The number of aromatic nitrogens is 1. The molecule has 9 heteroatoms. The zero-order valence-electron chi connectivity index (χ0n) is 20.9. The minimum Gasteiger partial charge on any atom is -0.378 e. The van der Waals surface area contributed by atoms with Crippen LogP contribution >= 0.6 is 0 Å². The summed E-state index contributed by atoms with van der Waals surface area (Å²) < 4.78 is 47.2. The van der Waals surface area contributed by atoms with Crippen LogP contribution in [-0.4, -0.2) is 42.2 Å². The molecule has 196 valence electrons. The molecule has 1 aromatic heterocycles. The van der Waals surface area contributed by atoms with Crippen molar-refractivity contribution < 1.29 is 22.7 Å². The molecule has 2 aromatic carbocycles. The third-order valence-corrected chi connectivity index (χ3v) is 7.74. The molecule has 0 unspecified atom stereocenters. The number of halogens is 3. The predicted molar refractivity (Wildman–Crippen MR) is 136 cm³/mol. The third kappa shape index (κ3) is 4.84. The maximum absolute atomic E-state index is 14.8. The largest absolute Gasteiger partial charge is 0.378 e. The number of anilines is 1. The average molecular weight is 513 g/mol. The van der Waals surface area contributed by atoms with E-state index in [1.54, 1.807) is 31.2 Å². The van der Waals surface area contributed by atoms with Gasteiger partial charge in [0.05, 0.1) is 23.7 Å². The monoisotopic (exact) mass is 512 g/mol. The van der Waals surface area contributed by atoms with Gasteiger partial charge in [0.25, 0.3) is 6.43 Å². The number of amides is 2. The molecule has 0 bridgehead atoms. The van der Waals surface area contributed by atoms with Gasteiger partial charge in [-0.15, -0.1) is 0 Å². The van der Waals surface area contributed by atoms with Crippen molar-refractivity contribution in [1.29, 1.82) is 0 Å². The quantitative estimate of drug-likeness (QED) is 0.390. The summed E-state index contributed by atoms with van der Waals surface area (Å²) in [5.41, 5.74) is 1.23. The maximum atomic E-state index is 14.8. The molecule has 1 saturated carbocycles. The summed E-state index contributed by atoms with van der Waals surface area (Å²) in [5.74, 6) is -0.902. The summed E-state index contributed by atoms with van der Waals surface area (Å²) in [7, 11) is 1.65. The van der Waals surface area contributed by atoms with Gasteiger partial charge in [-0.25, -0.2) is 18.0 Å². The number of benzene rings is 2. The molecule has 2 aliphatic rings. The van der Waals surface area contributed by atoms with Crippen LogP contribution in [0.5, 0.6) is 0 Å². The lowest BCUT2D eigenvalue weighted by Crippen LogP contribution is -2.47. The second-order valence-corrected chi connectivity index (χ2v) is 9.95. The minimum atomic E-state index is -2.89. The van der Waals surface area contributed by atoms with E-state index in [9.17, 15) is 18.0 Å². The predicted octanol–water partition coefficient (Wildman–Crippen LogP) is 6.29. The van der Waals surface area contributed by atoms with E-state index in [1.807, 2.05) is 18.2 Å². The Kier molecular flexibility index (Phi) is 6.98. The van der Waals surface area contributed by atoms with E-state index in [0.717, 1.165) is 41.8 Å². The van der Waals surface area contributed by atoms with Crippen molar-refractivity contribution in [3.63, 3.8) is 0 Å². The molecule has 2 fully saturated rings. The van der Waals surface area contributed by atoms with E-state index in [4.69, 9.17) is 4.74 Å². The van der Waals surface area contributed by atoms with Gasteiger partial charge >= 0.3 is 6.03 Å². The first kappa shape index (κ1) is 25.3. The highest BCUT2D eigenvalue weighted by atomic mass is 19.3. The van der Waals surface area contributed by atoms with Gasteiger partial charge in [0.1, 0.15) is 11.4 Å². The molecule has 0 radical (unpaired) electrons. The van der Waals surface area contributed by atoms with E-state index in [2.05, 4.69) is 15.6 Å². The van der Waals surface area contributed by atoms with Gasteiger partial charge < -0.3 is 20.3 Å². The third-order valence-electron chi connectivity index (χ3n) is 7.74. The Morgan fingerprint density at radius 1 is 1.19 bits per heavy atom. The Bertz CT molecular complexity index is 1300. The lowest BCUT2D eigenvalue weighted by Gasteiger charge is -2.31. The fourth-order valence-electron chi connectivity index (χ4n) is 5.23. The molecule has 2 amide bonds. The Labute approximate surface area is 214 Å². The maximum Gasteiger partial charge on any atom is 0.317 e. The first-order valence-electron chi connectivity index (χ1n) is 12.6. The van der Waals surface area contributed by atoms with Crippen molar-refractivity contribution in [3.05, 3.63) is 71.2 Å². The number of alkyl halides is 2. The Morgan fingerprint density at radius 2 is 1.97 bits per heavy atom. The summed E-state index contributed by atoms with van der Waals surface area (Å²) >= 11 is 0. The minimum absolute atomic E-state index is 0.0599. The van der Waals surface area contributed by atoms with Crippen LogP contribution in [0, 0.1) is 5.82 Å². The number of methoxy groups -OCH3 is 1. The van der Waals surface area contributed by atoms with Crippen LogP contribution in [0.3, 0.4) is 0 Å². The molecule has 37 heavy (non-hydrogen) atoms. The van der Waals surface area contributed by atoms with Crippen molar-refractivity contribution in [2.75, 3.05) is 25.5 Å². The number of urea groups is 1. The van der Waals surface area contributed by atoms with Gasteiger partial charge in [-0.3, -0.25) is 4.98 Å². The SMILES string of the molecule is CO[C@@]1(c2ccc3nccc(N[C@H](C)c4cccc(C(F)F)c4F)c3c2)CCN(C(=O)NC2CCC2)C1. The molecule has 1 aliphatic carbocycles. The Balaban J connectivity index is 1.41. The van der Waals surface area contributed by atoms with Gasteiger partial charge in [0, 0.05) is 49.0 Å². The number of rotatable bonds is 7. The zero-order valence-corrected chi connectivity index (χ0v) is 20.9. The molecule has 6 nitrogen and oxygen atoms in total. The highest BCUT2D eigenvalue weighted by Crippen LogP contribution is 2.38. The number of carbonyl (C=O) groups is 1. The number of fused-ring (bicyclic) bond motifs is 1. The lowest BCUT2D eigenvalue weighted by molar-refractivity contribution is -0.00324. The fraction of sp³-hybridized carbons (Fsp3) is 0.429. The van der Waals surface area contributed by atoms with Crippen molar-refractivity contribution in [2.45, 2.75) is 56.7 Å². The summed E-state index contributed by atoms with van der Waals surface area (Å²) in [6.07, 6.45) is 2.62. The highest BCUT2D eigenvalue weighted by molar-refractivity contribution is 5.92. The summed E-state index contributed by atoms with van der Waals surface area (Å²) in [5, 5.41) is 7.17. The van der Waals surface area contributed by atoms with E-state index >= 15 is 0 Å². The molecule has 1 saturated heterocycles. The van der Waals surface area contributed by atoms with Gasteiger partial charge in [0.2, 0.25) is 0 Å². The number of hydrogen-bond acceptors (Lipinski definition) is 4. The van der Waals surface area contributed by atoms with Crippen molar-refractivity contribution in [3.8, 4) is 0 Å². The summed E-state index contributed by atoms with van der Waals surface area (Å²) in [6, 6.07) is 11.3. The van der Waals surface area contributed by atoms with Crippen LogP contribution in [0.25, 0.3) is 10.9 Å². The van der Waals surface area contributed by atoms with Crippen LogP contribution in [0.15, 0.2) is 48.7 Å². The first-order chi connectivity index (χ1) is 17.8. The van der Waals surface area contributed by atoms with E-state index in [1.165, 1.54) is 12.1 Å². The smallest absolute Gasteiger partial charge is 0.317 e. The normalized spacial score (nSPS) is 20.8. The van der Waals surface area contributed by atoms with E-state index < -0.39 is 29.4 Å². The van der Waals surface area contributed by atoms with Gasteiger partial charge in [-0.1, -0.05) is 24.3 Å². The Morgan fingerprint density at radius 3 is 2.68 bits per heavy atom. The molecule has 2 N–H and O–H groups in total. The number of ether oxygens (including phenoxy) is 1. The molecule has 2 atom stereocenters. The topological polar surface area (TPSA) is 66.5 Å². The van der Waals surface area contributed by atoms with Crippen molar-refractivity contribution in [1.82, 2.24) is 15.2 Å². The lowest BCUT2D eigenvalue weighted by atomic mass is 9.91. The van der Waals surface area contributed by atoms with Crippen LogP contribution in [0.2, 0.25) is 0 Å². The number of carbonyl (C=O) groups excluding carboxylic acids is 1. The average Bonchev–Trinajstić information content (AvgIpc) is 3.32. The molecular weight excluding hydrogens is 481 g/mol. The van der Waals surface area contributed by atoms with Gasteiger partial charge in [-0.2, -0.15) is 0 Å². The van der Waals surface area contributed by atoms with Gasteiger partial charge in [-0.05, 0) is 49.9 Å².